The number of rotatable bonds is 3. The van der Waals surface area contributed by atoms with E-state index in [-0.39, 0.29) is 0 Å². The van der Waals surface area contributed by atoms with E-state index in [1.165, 1.54) is 32.4 Å². The number of hydrogen-bond donors (Lipinski definition) is 1. The zero-order valence-electron chi connectivity index (χ0n) is 10.5. The van der Waals surface area contributed by atoms with Crippen LogP contribution in [0.4, 0.5) is 0 Å². The molecule has 2 aliphatic rings. The Morgan fingerprint density at radius 3 is 3.06 bits per heavy atom. The summed E-state index contributed by atoms with van der Waals surface area (Å²) < 4.78 is 1.78. The lowest BCUT2D eigenvalue weighted by Gasteiger charge is -2.23. The molecule has 1 aliphatic carbocycles. The van der Waals surface area contributed by atoms with Gasteiger partial charge in [0.05, 0.1) is 5.69 Å². The maximum absolute atomic E-state index is 4.18. The first-order valence-electron chi connectivity index (χ1n) is 6.62. The first-order valence-corrected chi connectivity index (χ1v) is 6.62. The molecule has 0 spiro atoms. The van der Waals surface area contributed by atoms with Gasteiger partial charge in [-0.25, -0.2) is 0 Å². The molecule has 0 bridgehead atoms. The molecule has 0 aromatic carbocycles. The van der Waals surface area contributed by atoms with Gasteiger partial charge in [0.15, 0.2) is 0 Å². The smallest absolute Gasteiger partial charge is 0.0967 e. The van der Waals surface area contributed by atoms with Crippen LogP contribution >= 0.6 is 0 Å². The Kier molecular flexibility index (Phi) is 3.11. The molecule has 17 heavy (non-hydrogen) atoms. The van der Waals surface area contributed by atoms with Crippen molar-refractivity contribution < 1.29 is 0 Å². The van der Waals surface area contributed by atoms with Crippen LogP contribution in [0.15, 0.2) is 6.20 Å². The Morgan fingerprint density at radius 1 is 1.47 bits per heavy atom. The van der Waals surface area contributed by atoms with E-state index in [1.807, 2.05) is 13.2 Å². The summed E-state index contributed by atoms with van der Waals surface area (Å²) in [4.78, 5) is 2.52. The summed E-state index contributed by atoms with van der Waals surface area (Å²) in [5.74, 6) is 0.928. The van der Waals surface area contributed by atoms with Crippen molar-refractivity contribution in [3.8, 4) is 0 Å². The van der Waals surface area contributed by atoms with E-state index in [1.54, 1.807) is 4.68 Å². The van der Waals surface area contributed by atoms with Crippen LogP contribution in [-0.4, -0.2) is 45.6 Å². The van der Waals surface area contributed by atoms with E-state index in [4.69, 9.17) is 0 Å². The molecule has 2 fully saturated rings. The Morgan fingerprint density at radius 2 is 2.35 bits per heavy atom. The molecule has 1 atom stereocenters. The lowest BCUT2D eigenvalue weighted by molar-refractivity contribution is 0.248. The lowest BCUT2D eigenvalue weighted by atomic mass is 10.2. The molecule has 3 rings (SSSR count). The summed E-state index contributed by atoms with van der Waals surface area (Å²) in [6.07, 6.45) is 6.08. The molecule has 1 aromatic rings. The van der Waals surface area contributed by atoms with Crippen molar-refractivity contribution in [1.29, 1.82) is 0 Å². The Hall–Kier alpha value is -0.940. The average Bonchev–Trinajstić information content (AvgIpc) is 3.07. The highest BCUT2D eigenvalue weighted by molar-refractivity contribution is 4.95. The molecule has 94 valence electrons. The van der Waals surface area contributed by atoms with Crippen molar-refractivity contribution >= 4 is 0 Å². The third-order valence-corrected chi connectivity index (χ3v) is 3.74. The third-order valence-electron chi connectivity index (χ3n) is 3.74. The molecule has 2 heterocycles. The van der Waals surface area contributed by atoms with Gasteiger partial charge in [-0.05, 0) is 38.3 Å². The first-order chi connectivity index (χ1) is 8.31. The first kappa shape index (κ1) is 11.2. The van der Waals surface area contributed by atoms with Gasteiger partial charge in [-0.1, -0.05) is 5.21 Å². The van der Waals surface area contributed by atoms with Crippen LogP contribution < -0.4 is 5.32 Å². The minimum absolute atomic E-state index is 0.703. The van der Waals surface area contributed by atoms with Crippen LogP contribution in [0.5, 0.6) is 0 Å². The van der Waals surface area contributed by atoms with E-state index < -0.39 is 0 Å². The van der Waals surface area contributed by atoms with Crippen LogP contribution in [0.3, 0.4) is 0 Å². The van der Waals surface area contributed by atoms with Gasteiger partial charge in [0.25, 0.3) is 0 Å². The van der Waals surface area contributed by atoms with Crippen LogP contribution in [0.1, 0.15) is 25.0 Å². The van der Waals surface area contributed by atoms with Gasteiger partial charge < -0.3 is 5.32 Å². The van der Waals surface area contributed by atoms with Gasteiger partial charge in [-0.2, -0.15) is 0 Å². The molecule has 1 N–H and O–H groups in total. The topological polar surface area (TPSA) is 46.0 Å². The minimum Gasteiger partial charge on any atom is -0.312 e. The van der Waals surface area contributed by atoms with Crippen molar-refractivity contribution in [1.82, 2.24) is 25.2 Å². The molecule has 1 aliphatic heterocycles. The Balaban J connectivity index is 1.60. The van der Waals surface area contributed by atoms with Crippen molar-refractivity contribution in [3.05, 3.63) is 11.9 Å². The largest absolute Gasteiger partial charge is 0.312 e. The second-order valence-corrected chi connectivity index (χ2v) is 5.37. The minimum atomic E-state index is 0.703. The standard InChI is InChI=1S/C12H21N5/c1-16-7-11(14-15-16)8-17-6-2-5-13-12(9-17)10-3-4-10/h7,10,12-13H,2-6,8-9H2,1H3. The maximum Gasteiger partial charge on any atom is 0.0967 e. The van der Waals surface area contributed by atoms with Crippen molar-refractivity contribution in [3.63, 3.8) is 0 Å². The van der Waals surface area contributed by atoms with E-state index >= 15 is 0 Å². The number of aromatic nitrogens is 3. The Labute approximate surface area is 102 Å². The summed E-state index contributed by atoms with van der Waals surface area (Å²) in [6.45, 7) is 4.45. The highest BCUT2D eigenvalue weighted by Gasteiger charge is 2.33. The summed E-state index contributed by atoms with van der Waals surface area (Å²) >= 11 is 0. The van der Waals surface area contributed by atoms with E-state index in [0.717, 1.165) is 24.7 Å². The molecular weight excluding hydrogens is 214 g/mol. The number of nitrogens with zero attached hydrogens (tertiary/aromatic N) is 4. The van der Waals surface area contributed by atoms with Gasteiger partial charge in [-0.15, -0.1) is 5.10 Å². The van der Waals surface area contributed by atoms with Gasteiger partial charge in [0.2, 0.25) is 0 Å². The summed E-state index contributed by atoms with van der Waals surface area (Å²) in [5, 5.41) is 11.9. The fourth-order valence-electron chi connectivity index (χ4n) is 2.68. The van der Waals surface area contributed by atoms with Crippen LogP contribution in [-0.2, 0) is 13.6 Å². The van der Waals surface area contributed by atoms with E-state index in [9.17, 15) is 0 Å². The molecular formula is C12H21N5. The van der Waals surface area contributed by atoms with E-state index in [2.05, 4.69) is 20.5 Å². The third kappa shape index (κ3) is 2.84. The predicted molar refractivity (Wildman–Crippen MR) is 65.4 cm³/mol. The second-order valence-electron chi connectivity index (χ2n) is 5.37. The SMILES string of the molecule is Cn1cc(CN2CCCNC(C3CC3)C2)nn1. The molecule has 1 saturated carbocycles. The van der Waals surface area contributed by atoms with Crippen molar-refractivity contribution in [2.75, 3.05) is 19.6 Å². The fraction of sp³-hybridized carbons (Fsp3) is 0.833. The fourth-order valence-corrected chi connectivity index (χ4v) is 2.68. The molecule has 1 aromatic heterocycles. The van der Waals surface area contributed by atoms with Crippen molar-refractivity contribution in [2.45, 2.75) is 31.8 Å². The Bertz CT molecular complexity index is 371. The summed E-state index contributed by atoms with van der Waals surface area (Å²) in [5.41, 5.74) is 1.09. The monoisotopic (exact) mass is 235 g/mol. The van der Waals surface area contributed by atoms with Crippen LogP contribution in [0.2, 0.25) is 0 Å². The number of aryl methyl sites for hydroxylation is 1. The zero-order valence-corrected chi connectivity index (χ0v) is 10.5. The average molecular weight is 235 g/mol. The second kappa shape index (κ2) is 4.74. The normalized spacial score (nSPS) is 27.0. The van der Waals surface area contributed by atoms with Crippen LogP contribution in [0.25, 0.3) is 0 Å². The molecule has 0 radical (unpaired) electrons. The van der Waals surface area contributed by atoms with Gasteiger partial charge >= 0.3 is 0 Å². The summed E-state index contributed by atoms with van der Waals surface area (Å²) in [6, 6.07) is 0.703. The summed E-state index contributed by atoms with van der Waals surface area (Å²) in [7, 11) is 1.92. The van der Waals surface area contributed by atoms with Gasteiger partial charge in [-0.3, -0.25) is 9.58 Å². The highest BCUT2D eigenvalue weighted by Crippen LogP contribution is 2.33. The molecule has 1 saturated heterocycles. The molecule has 1 unspecified atom stereocenters. The quantitative estimate of drug-likeness (QED) is 0.823. The van der Waals surface area contributed by atoms with E-state index in [0.29, 0.717) is 6.04 Å². The molecule has 5 heteroatoms. The predicted octanol–water partition coefficient (Wildman–Crippen LogP) is 0.389. The maximum atomic E-state index is 4.18. The number of nitrogens with one attached hydrogen (secondary N) is 1. The number of hydrogen-bond acceptors (Lipinski definition) is 4. The lowest BCUT2D eigenvalue weighted by Crippen LogP contribution is -2.39. The zero-order chi connectivity index (χ0) is 11.7. The molecule has 0 amide bonds. The molecule has 5 nitrogen and oxygen atoms in total. The highest BCUT2D eigenvalue weighted by atomic mass is 15.4. The van der Waals surface area contributed by atoms with Crippen LogP contribution in [0, 0.1) is 5.92 Å². The van der Waals surface area contributed by atoms with Crippen molar-refractivity contribution in [2.24, 2.45) is 13.0 Å². The van der Waals surface area contributed by atoms with Gasteiger partial charge in [0, 0.05) is 32.4 Å². The van der Waals surface area contributed by atoms with Gasteiger partial charge in [0.1, 0.15) is 0 Å².